The van der Waals surface area contributed by atoms with Crippen molar-refractivity contribution in [1.82, 2.24) is 5.32 Å². The van der Waals surface area contributed by atoms with E-state index in [0.717, 1.165) is 10.6 Å². The maximum Gasteiger partial charge on any atom is 0.255 e. The highest BCUT2D eigenvalue weighted by Gasteiger charge is 2.24. The molecule has 1 heterocycles. The van der Waals surface area contributed by atoms with Crippen LogP contribution in [0, 0.1) is 5.82 Å². The van der Waals surface area contributed by atoms with Crippen LogP contribution in [0.2, 0.25) is 0 Å². The first-order chi connectivity index (χ1) is 12.6. The van der Waals surface area contributed by atoms with Crippen molar-refractivity contribution in [3.63, 3.8) is 0 Å². The zero-order valence-corrected chi connectivity index (χ0v) is 16.1. The summed E-state index contributed by atoms with van der Waals surface area (Å²) < 4.78 is 44.1. The minimum Gasteiger partial charge on any atom is -0.455 e. The number of hydrogen-bond donors (Lipinski definition) is 1. The first-order valence-electron chi connectivity index (χ1n) is 8.12. The van der Waals surface area contributed by atoms with Crippen molar-refractivity contribution in [3.05, 3.63) is 47.8 Å². The van der Waals surface area contributed by atoms with E-state index < -0.39 is 15.8 Å². The predicted molar refractivity (Wildman–Crippen MR) is 106 cm³/mol. The molecule has 9 heteroatoms. The van der Waals surface area contributed by atoms with Gasteiger partial charge in [-0.25, -0.2) is 12.8 Å². The van der Waals surface area contributed by atoms with E-state index in [1.165, 1.54) is 38.4 Å². The SMILES string of the molecule is Bc1cc2c(C(=O)NC)c(-c3ccc(F)cc3)oc2cc1N(C)S(C)(=O)=O. The molecule has 1 aromatic heterocycles. The van der Waals surface area contributed by atoms with Crippen LogP contribution < -0.4 is 15.1 Å². The van der Waals surface area contributed by atoms with Gasteiger partial charge in [0.15, 0.2) is 0 Å². The third-order valence-electron chi connectivity index (χ3n) is 4.40. The molecular formula is C18H18BFN2O4S. The molecule has 1 N–H and O–H groups in total. The molecule has 0 saturated heterocycles. The molecule has 1 amide bonds. The summed E-state index contributed by atoms with van der Waals surface area (Å²) >= 11 is 0. The van der Waals surface area contributed by atoms with Gasteiger partial charge in [0.2, 0.25) is 10.0 Å². The average Bonchev–Trinajstić information content (AvgIpc) is 2.97. The first-order valence-corrected chi connectivity index (χ1v) is 9.97. The van der Waals surface area contributed by atoms with Crippen LogP contribution in [0.1, 0.15) is 10.4 Å². The fourth-order valence-corrected chi connectivity index (χ4v) is 3.47. The first kappa shape index (κ1) is 19.0. The van der Waals surface area contributed by atoms with E-state index >= 15 is 0 Å². The number of nitrogens with one attached hydrogen (secondary N) is 1. The summed E-state index contributed by atoms with van der Waals surface area (Å²) in [5.74, 6) is -0.455. The molecule has 0 aliphatic carbocycles. The van der Waals surface area contributed by atoms with E-state index in [-0.39, 0.29) is 5.91 Å². The van der Waals surface area contributed by atoms with Crippen molar-refractivity contribution in [2.24, 2.45) is 0 Å². The third kappa shape index (κ3) is 3.42. The Morgan fingerprint density at radius 2 is 1.85 bits per heavy atom. The number of sulfonamides is 1. The summed E-state index contributed by atoms with van der Waals surface area (Å²) in [5.41, 5.74) is 2.35. The maximum absolute atomic E-state index is 13.3. The maximum atomic E-state index is 13.3. The van der Waals surface area contributed by atoms with Gasteiger partial charge < -0.3 is 9.73 Å². The Labute approximate surface area is 157 Å². The molecule has 3 rings (SSSR count). The van der Waals surface area contributed by atoms with Gasteiger partial charge >= 0.3 is 0 Å². The van der Waals surface area contributed by atoms with Crippen LogP contribution in [-0.2, 0) is 10.0 Å². The summed E-state index contributed by atoms with van der Waals surface area (Å²) in [4.78, 5) is 12.5. The van der Waals surface area contributed by atoms with Crippen LogP contribution in [0.3, 0.4) is 0 Å². The number of fused-ring (bicyclic) bond motifs is 1. The largest absolute Gasteiger partial charge is 0.455 e. The van der Waals surface area contributed by atoms with E-state index in [1.54, 1.807) is 20.0 Å². The van der Waals surface area contributed by atoms with Gasteiger partial charge in [-0.15, -0.1) is 0 Å². The molecular weight excluding hydrogens is 370 g/mol. The van der Waals surface area contributed by atoms with Gasteiger partial charge in [-0.2, -0.15) is 0 Å². The van der Waals surface area contributed by atoms with E-state index in [0.29, 0.717) is 39.0 Å². The summed E-state index contributed by atoms with van der Waals surface area (Å²) in [6.45, 7) is 0. The zero-order valence-electron chi connectivity index (χ0n) is 15.3. The monoisotopic (exact) mass is 388 g/mol. The van der Waals surface area contributed by atoms with Crippen molar-refractivity contribution in [2.75, 3.05) is 24.7 Å². The smallest absolute Gasteiger partial charge is 0.255 e. The zero-order chi connectivity index (χ0) is 19.9. The second kappa shape index (κ2) is 6.73. The molecule has 0 aliphatic rings. The van der Waals surface area contributed by atoms with E-state index in [9.17, 15) is 17.6 Å². The van der Waals surface area contributed by atoms with Gasteiger partial charge in [0.25, 0.3) is 5.91 Å². The normalized spacial score (nSPS) is 11.6. The molecule has 2 aromatic carbocycles. The van der Waals surface area contributed by atoms with Gasteiger partial charge in [-0.05, 0) is 24.3 Å². The highest BCUT2D eigenvalue weighted by atomic mass is 32.2. The predicted octanol–water partition coefficient (Wildman–Crippen LogP) is 1.25. The Bertz CT molecular complexity index is 1140. The van der Waals surface area contributed by atoms with Gasteiger partial charge in [0.1, 0.15) is 25.0 Å². The van der Waals surface area contributed by atoms with Crippen LogP contribution >= 0.6 is 0 Å². The van der Waals surface area contributed by atoms with Crippen molar-refractivity contribution in [2.45, 2.75) is 0 Å². The molecule has 140 valence electrons. The molecule has 0 spiro atoms. The van der Waals surface area contributed by atoms with Crippen molar-refractivity contribution >= 4 is 45.9 Å². The number of hydrogen-bond acceptors (Lipinski definition) is 4. The second-order valence-electron chi connectivity index (χ2n) is 6.26. The topological polar surface area (TPSA) is 79.6 Å². The van der Waals surface area contributed by atoms with Gasteiger partial charge in [0.05, 0.1) is 11.8 Å². The van der Waals surface area contributed by atoms with E-state index in [4.69, 9.17) is 4.42 Å². The Balaban J connectivity index is 2.30. The quantitative estimate of drug-likeness (QED) is 0.683. The second-order valence-corrected chi connectivity index (χ2v) is 8.27. The molecule has 0 radical (unpaired) electrons. The van der Waals surface area contributed by atoms with Gasteiger partial charge in [-0.1, -0.05) is 11.5 Å². The van der Waals surface area contributed by atoms with Gasteiger partial charge in [0, 0.05) is 36.8 Å². The lowest BCUT2D eigenvalue weighted by Crippen LogP contribution is -2.29. The average molecular weight is 388 g/mol. The van der Waals surface area contributed by atoms with Crippen LogP contribution in [0.5, 0.6) is 0 Å². The highest BCUT2D eigenvalue weighted by molar-refractivity contribution is 7.92. The Kier molecular flexibility index (Phi) is 4.73. The Morgan fingerprint density at radius 1 is 1.22 bits per heavy atom. The number of benzene rings is 2. The highest BCUT2D eigenvalue weighted by Crippen LogP contribution is 2.35. The molecule has 6 nitrogen and oxygen atoms in total. The number of amides is 1. The summed E-state index contributed by atoms with van der Waals surface area (Å²) in [5, 5.41) is 3.14. The standard InChI is InChI=1S/C18H18BFN2O4S/c1-21-18(23)16-12-8-13(19)14(22(2)27(3,24)25)9-15(12)26-17(16)10-4-6-11(20)7-5-10/h4-9H,19H2,1-3H3,(H,21,23). The number of anilines is 1. The fraction of sp³-hybridized carbons (Fsp3) is 0.167. The lowest BCUT2D eigenvalue weighted by molar-refractivity contribution is 0.0964. The summed E-state index contributed by atoms with van der Waals surface area (Å²) in [6, 6.07) is 8.92. The minimum absolute atomic E-state index is 0.294. The molecule has 27 heavy (non-hydrogen) atoms. The van der Waals surface area contributed by atoms with E-state index in [1.807, 2.05) is 0 Å². The number of rotatable bonds is 4. The lowest BCUT2D eigenvalue weighted by Gasteiger charge is -2.19. The molecule has 0 aliphatic heterocycles. The number of furan rings is 1. The summed E-state index contributed by atoms with van der Waals surface area (Å²) in [7, 11) is 1.26. The van der Waals surface area contributed by atoms with Crippen molar-refractivity contribution < 1.29 is 22.0 Å². The lowest BCUT2D eigenvalue weighted by atomic mass is 9.91. The Hall–Kier alpha value is -2.81. The van der Waals surface area contributed by atoms with Crippen LogP contribution in [-0.4, -0.2) is 42.5 Å². The number of carbonyl (C=O) groups excluding carboxylic acids is 1. The number of carbonyl (C=O) groups is 1. The molecule has 0 bridgehead atoms. The van der Waals surface area contributed by atoms with Crippen molar-refractivity contribution in [3.8, 4) is 11.3 Å². The molecule has 0 unspecified atom stereocenters. The fourth-order valence-electron chi connectivity index (χ4n) is 2.91. The third-order valence-corrected chi connectivity index (χ3v) is 5.60. The number of nitrogens with zero attached hydrogens (tertiary/aromatic N) is 1. The molecule has 3 aromatic rings. The van der Waals surface area contributed by atoms with E-state index in [2.05, 4.69) is 5.32 Å². The van der Waals surface area contributed by atoms with Crippen molar-refractivity contribution in [1.29, 1.82) is 0 Å². The molecule has 0 fully saturated rings. The van der Waals surface area contributed by atoms with Crippen LogP contribution in [0.15, 0.2) is 40.8 Å². The minimum atomic E-state index is -3.46. The Morgan fingerprint density at radius 3 is 2.41 bits per heavy atom. The molecule has 0 atom stereocenters. The van der Waals surface area contributed by atoms with Gasteiger partial charge in [-0.3, -0.25) is 9.10 Å². The number of halogens is 1. The molecule has 0 saturated carbocycles. The summed E-state index contributed by atoms with van der Waals surface area (Å²) in [6.07, 6.45) is 1.11. The van der Waals surface area contributed by atoms with Crippen LogP contribution in [0.4, 0.5) is 10.1 Å². The van der Waals surface area contributed by atoms with Crippen LogP contribution in [0.25, 0.3) is 22.3 Å².